The third kappa shape index (κ3) is 4.43. The zero-order valence-corrected chi connectivity index (χ0v) is 20.1. The van der Waals surface area contributed by atoms with E-state index in [2.05, 4.69) is 121 Å². The minimum absolute atomic E-state index is 0.928. The van der Waals surface area contributed by atoms with Gasteiger partial charge in [0.15, 0.2) is 0 Å². The first kappa shape index (κ1) is 21.4. The predicted octanol–water partition coefficient (Wildman–Crippen LogP) is 5.25. The van der Waals surface area contributed by atoms with Gasteiger partial charge < -0.3 is 0 Å². The van der Waals surface area contributed by atoms with Crippen molar-refractivity contribution in [1.82, 2.24) is 0 Å². The van der Waals surface area contributed by atoms with Gasteiger partial charge in [-0.25, -0.2) is 0 Å². The molecule has 30 heavy (non-hydrogen) atoms. The molecule has 0 aliphatic heterocycles. The van der Waals surface area contributed by atoms with Gasteiger partial charge in [0.05, 0.1) is 0 Å². The molecule has 0 saturated carbocycles. The van der Waals surface area contributed by atoms with Crippen LogP contribution >= 0.6 is 12.1 Å². The van der Waals surface area contributed by atoms with Crippen LogP contribution in [0.4, 0.5) is 0 Å². The molecule has 0 atom stereocenters. The molecular weight excluding hydrogens is 438 g/mol. The highest BCUT2D eigenvalue weighted by molar-refractivity contribution is 8.24. The number of hydrogen-bond donors (Lipinski definition) is 0. The van der Waals surface area contributed by atoms with Crippen molar-refractivity contribution in [2.75, 3.05) is 12.3 Å². The van der Waals surface area contributed by atoms with E-state index < -0.39 is 12.1 Å². The summed E-state index contributed by atoms with van der Waals surface area (Å²) in [6.07, 6.45) is 1.86. The summed E-state index contributed by atoms with van der Waals surface area (Å²) in [6.45, 7) is 0. The van der Waals surface area contributed by atoms with Crippen LogP contribution in [-0.4, -0.2) is 12.3 Å². The van der Waals surface area contributed by atoms with Crippen molar-refractivity contribution in [3.8, 4) is 0 Å². The Labute approximate surface area is 190 Å². The maximum absolute atomic E-state index is 6.49. The van der Waals surface area contributed by atoms with Crippen LogP contribution in [0.15, 0.2) is 121 Å². The van der Waals surface area contributed by atoms with Gasteiger partial charge in [0.2, 0.25) is 0 Å². The lowest BCUT2D eigenvalue weighted by atomic mass is 10.4. The van der Waals surface area contributed by atoms with Gasteiger partial charge in [-0.1, -0.05) is 145 Å². The molecule has 4 aromatic carbocycles. The third-order valence-electron chi connectivity index (χ3n) is 5.42. The number of rotatable bonds is 7. The van der Waals surface area contributed by atoms with E-state index in [4.69, 9.17) is 23.6 Å². The van der Waals surface area contributed by atoms with E-state index in [0.29, 0.717) is 0 Å². The van der Waals surface area contributed by atoms with E-state index in [0.717, 1.165) is 12.3 Å². The first-order chi connectivity index (χ1) is 14.6. The summed E-state index contributed by atoms with van der Waals surface area (Å²) < 4.78 is 0. The molecule has 0 fully saturated rings. The van der Waals surface area contributed by atoms with E-state index in [1.165, 1.54) is 21.2 Å². The van der Waals surface area contributed by atoms with Crippen molar-refractivity contribution in [2.24, 2.45) is 0 Å². The molecule has 0 spiro atoms. The Hall–Kier alpha value is -1.82. The molecule has 0 bridgehead atoms. The second kappa shape index (κ2) is 9.54. The van der Waals surface area contributed by atoms with Crippen molar-refractivity contribution in [3.05, 3.63) is 121 Å². The van der Waals surface area contributed by atoms with E-state index in [-0.39, 0.29) is 0 Å². The zero-order valence-electron chi connectivity index (χ0n) is 16.7. The molecule has 150 valence electrons. The number of hydrogen-bond acceptors (Lipinski definition) is 2. The van der Waals surface area contributed by atoms with Gasteiger partial charge in [0.25, 0.3) is 0 Å². The SMILES string of the molecule is S=P(CCP(=S)(c1ccccc1)c1ccccc1)(c1ccccc1)c1ccccc1. The predicted molar refractivity (Wildman–Crippen MR) is 143 cm³/mol. The summed E-state index contributed by atoms with van der Waals surface area (Å²) in [7, 11) is 0. The van der Waals surface area contributed by atoms with Crippen LogP contribution in [0.3, 0.4) is 0 Å². The smallest absolute Gasteiger partial charge is 0.0109 e. The van der Waals surface area contributed by atoms with E-state index >= 15 is 0 Å². The molecule has 0 aliphatic rings. The molecule has 4 rings (SSSR count). The van der Waals surface area contributed by atoms with Crippen molar-refractivity contribution in [2.45, 2.75) is 0 Å². The summed E-state index contributed by atoms with van der Waals surface area (Å²) in [6, 6.07) is 38.7. The molecule has 0 nitrogen and oxygen atoms in total. The second-order valence-electron chi connectivity index (χ2n) is 7.27. The second-order valence-corrected chi connectivity index (χ2v) is 16.9. The quantitative estimate of drug-likeness (QED) is 0.344. The zero-order chi connectivity index (χ0) is 20.9. The topological polar surface area (TPSA) is 0 Å². The van der Waals surface area contributed by atoms with Crippen molar-refractivity contribution in [3.63, 3.8) is 0 Å². The molecule has 0 unspecified atom stereocenters. The molecule has 0 aliphatic carbocycles. The van der Waals surface area contributed by atoms with E-state index in [1.54, 1.807) is 0 Å². The molecule has 0 heterocycles. The van der Waals surface area contributed by atoms with E-state index in [1.807, 2.05) is 0 Å². The Morgan fingerprint density at radius 1 is 0.367 bits per heavy atom. The fourth-order valence-corrected chi connectivity index (χ4v) is 13.2. The van der Waals surface area contributed by atoms with Gasteiger partial charge in [0.1, 0.15) is 0 Å². The standard InChI is InChI=1S/C26H24P2S2/c29-27(23-13-5-1-6-14-23,24-15-7-2-8-16-24)21-22-28(30,25-17-9-3-10-18-25)26-19-11-4-12-20-26/h1-20H,21-22H2. The Morgan fingerprint density at radius 3 is 0.767 bits per heavy atom. The fourth-order valence-electron chi connectivity index (χ4n) is 3.77. The highest BCUT2D eigenvalue weighted by atomic mass is 32.4. The first-order valence-electron chi connectivity index (χ1n) is 10.0. The molecule has 0 radical (unpaired) electrons. The maximum Gasteiger partial charge on any atom is 0.0109 e. The maximum atomic E-state index is 6.49. The van der Waals surface area contributed by atoms with E-state index in [9.17, 15) is 0 Å². The van der Waals surface area contributed by atoms with Gasteiger partial charge in [0, 0.05) is 12.1 Å². The molecule has 0 saturated heterocycles. The van der Waals surface area contributed by atoms with Crippen LogP contribution in [0, 0.1) is 0 Å². The minimum Gasteiger partial charge on any atom is -0.0876 e. The molecule has 0 aromatic heterocycles. The lowest BCUT2D eigenvalue weighted by molar-refractivity contribution is 1.50. The average molecular weight is 463 g/mol. The van der Waals surface area contributed by atoms with Crippen molar-refractivity contribution in [1.29, 1.82) is 0 Å². The molecular formula is C26H24P2S2. The Kier molecular flexibility index (Phi) is 6.81. The molecule has 4 heteroatoms. The molecule has 4 aromatic rings. The van der Waals surface area contributed by atoms with Crippen LogP contribution in [0.2, 0.25) is 0 Å². The lowest BCUT2D eigenvalue weighted by Gasteiger charge is -2.29. The van der Waals surface area contributed by atoms with Crippen molar-refractivity contribution < 1.29 is 0 Å². The summed E-state index contributed by atoms with van der Waals surface area (Å²) in [4.78, 5) is 0. The molecule has 0 amide bonds. The largest absolute Gasteiger partial charge is 0.0876 e. The number of benzene rings is 4. The van der Waals surface area contributed by atoms with Gasteiger partial charge in [-0.15, -0.1) is 0 Å². The summed E-state index contributed by atoms with van der Waals surface area (Å²) >= 11 is 13.0. The van der Waals surface area contributed by atoms with Gasteiger partial charge in [-0.05, 0) is 33.5 Å². The third-order valence-corrected chi connectivity index (χ3v) is 15.6. The Bertz CT molecular complexity index is 991. The normalized spacial score (nSPS) is 11.9. The highest BCUT2D eigenvalue weighted by Gasteiger charge is 2.28. The average Bonchev–Trinajstić information content (AvgIpc) is 2.84. The van der Waals surface area contributed by atoms with Crippen LogP contribution < -0.4 is 21.2 Å². The summed E-state index contributed by atoms with van der Waals surface area (Å²) in [5, 5.41) is 5.09. The molecule has 0 N–H and O–H groups in total. The van der Waals surface area contributed by atoms with Crippen LogP contribution in [0.25, 0.3) is 0 Å². The summed E-state index contributed by atoms with van der Waals surface area (Å²) in [5.74, 6) is 0. The summed E-state index contributed by atoms with van der Waals surface area (Å²) in [5.41, 5.74) is 0. The van der Waals surface area contributed by atoms with Gasteiger partial charge in [-0.3, -0.25) is 0 Å². The van der Waals surface area contributed by atoms with Crippen LogP contribution in [-0.2, 0) is 23.6 Å². The minimum atomic E-state index is -1.97. The van der Waals surface area contributed by atoms with Crippen LogP contribution in [0.5, 0.6) is 0 Å². The lowest BCUT2D eigenvalue weighted by Crippen LogP contribution is -2.24. The highest BCUT2D eigenvalue weighted by Crippen LogP contribution is 2.51. The van der Waals surface area contributed by atoms with Crippen molar-refractivity contribution >= 4 is 56.9 Å². The first-order valence-corrected chi connectivity index (χ1v) is 16.0. The monoisotopic (exact) mass is 462 g/mol. The fraction of sp³-hybridized carbons (Fsp3) is 0.0769. The Morgan fingerprint density at radius 2 is 0.567 bits per heavy atom. The van der Waals surface area contributed by atoms with Crippen LogP contribution in [0.1, 0.15) is 0 Å². The van der Waals surface area contributed by atoms with Gasteiger partial charge in [-0.2, -0.15) is 0 Å². The Balaban J connectivity index is 1.78. The van der Waals surface area contributed by atoms with Gasteiger partial charge >= 0.3 is 0 Å².